The fraction of sp³-hybridized carbons (Fsp3) is 0.167. The third-order valence-electron chi connectivity index (χ3n) is 5.19. The lowest BCUT2D eigenvalue weighted by Gasteiger charge is -2.36. The number of hydrogen-bond acceptors (Lipinski definition) is 3. The van der Waals surface area contributed by atoms with Crippen LogP contribution in [0.1, 0.15) is 21.5 Å². The summed E-state index contributed by atoms with van der Waals surface area (Å²) in [6.07, 6.45) is 0.483. The van der Waals surface area contributed by atoms with E-state index in [4.69, 9.17) is 4.74 Å². The van der Waals surface area contributed by atoms with Crippen molar-refractivity contribution in [1.29, 1.82) is 0 Å². The molecule has 0 aromatic heterocycles. The molecule has 1 heterocycles. The van der Waals surface area contributed by atoms with Crippen LogP contribution in [0.4, 0.5) is 5.69 Å². The highest BCUT2D eigenvalue weighted by Gasteiger charge is 2.35. The number of carbonyl (C=O) groups excluding carboxylic acids is 2. The van der Waals surface area contributed by atoms with Crippen LogP contribution in [0.3, 0.4) is 0 Å². The molecule has 5 heteroatoms. The zero-order valence-corrected chi connectivity index (χ0v) is 16.2. The van der Waals surface area contributed by atoms with Gasteiger partial charge in [0.2, 0.25) is 5.91 Å². The van der Waals surface area contributed by atoms with Crippen molar-refractivity contribution < 1.29 is 14.3 Å². The average molecular weight is 386 g/mol. The number of nitrogens with zero attached hydrogens (tertiary/aromatic N) is 1. The first-order chi connectivity index (χ1) is 14.2. The van der Waals surface area contributed by atoms with Gasteiger partial charge in [0, 0.05) is 24.2 Å². The van der Waals surface area contributed by atoms with Crippen molar-refractivity contribution in [3.63, 3.8) is 0 Å². The van der Waals surface area contributed by atoms with Gasteiger partial charge >= 0.3 is 0 Å². The maximum atomic E-state index is 13.2. The lowest BCUT2D eigenvalue weighted by Crippen LogP contribution is -2.50. The number of amides is 2. The minimum absolute atomic E-state index is 0.144. The first-order valence-electron chi connectivity index (χ1n) is 9.53. The van der Waals surface area contributed by atoms with E-state index in [9.17, 15) is 9.59 Å². The molecule has 4 rings (SSSR count). The fourth-order valence-electron chi connectivity index (χ4n) is 3.62. The van der Waals surface area contributed by atoms with Gasteiger partial charge in [0.25, 0.3) is 5.91 Å². The molecule has 1 unspecified atom stereocenters. The third kappa shape index (κ3) is 3.99. The van der Waals surface area contributed by atoms with Crippen molar-refractivity contribution in [2.24, 2.45) is 0 Å². The molecule has 146 valence electrons. The molecule has 2 amide bonds. The monoisotopic (exact) mass is 386 g/mol. The molecule has 0 radical (unpaired) electrons. The summed E-state index contributed by atoms with van der Waals surface area (Å²) in [6.45, 7) is 0.407. The molecule has 0 aliphatic carbocycles. The third-order valence-corrected chi connectivity index (χ3v) is 5.19. The number of rotatable bonds is 4. The number of benzene rings is 3. The lowest BCUT2D eigenvalue weighted by molar-refractivity contribution is -0.121. The highest BCUT2D eigenvalue weighted by Crippen LogP contribution is 2.26. The van der Waals surface area contributed by atoms with Gasteiger partial charge in [-0.05, 0) is 47.5 Å². The molecule has 0 fully saturated rings. The van der Waals surface area contributed by atoms with Crippen molar-refractivity contribution >= 4 is 17.5 Å². The molecule has 5 nitrogen and oxygen atoms in total. The lowest BCUT2D eigenvalue weighted by atomic mass is 9.92. The molecule has 3 aromatic rings. The predicted molar refractivity (Wildman–Crippen MR) is 112 cm³/mol. The Morgan fingerprint density at radius 2 is 1.55 bits per heavy atom. The van der Waals surface area contributed by atoms with Crippen LogP contribution in [0.25, 0.3) is 0 Å². The number of anilines is 1. The molecule has 0 saturated heterocycles. The number of fused-ring (bicyclic) bond motifs is 1. The van der Waals surface area contributed by atoms with Gasteiger partial charge in [0.1, 0.15) is 11.8 Å². The summed E-state index contributed by atoms with van der Waals surface area (Å²) < 4.78 is 5.16. The SMILES string of the molecule is COc1ccc(NC(=O)C2Cc3ccccc3CN2C(=O)c2ccccc2)cc1. The Balaban J connectivity index is 1.62. The molecule has 3 aromatic carbocycles. The van der Waals surface area contributed by atoms with Gasteiger partial charge in [-0.2, -0.15) is 0 Å². The minimum atomic E-state index is -0.584. The van der Waals surface area contributed by atoms with E-state index in [0.29, 0.717) is 24.2 Å². The molecule has 0 spiro atoms. The first kappa shape index (κ1) is 18.7. The summed E-state index contributed by atoms with van der Waals surface area (Å²) in [5.74, 6) is 0.374. The highest BCUT2D eigenvalue weighted by atomic mass is 16.5. The molecular formula is C24H22N2O3. The standard InChI is InChI=1S/C24H22N2O3/c1-29-21-13-11-20(12-14-21)25-23(27)22-15-18-9-5-6-10-19(18)16-26(22)24(28)17-7-3-2-4-8-17/h2-14,22H,15-16H2,1H3,(H,25,27). The molecule has 1 aliphatic heterocycles. The maximum Gasteiger partial charge on any atom is 0.254 e. The zero-order valence-electron chi connectivity index (χ0n) is 16.2. The number of carbonyl (C=O) groups is 2. The molecule has 1 aliphatic rings. The van der Waals surface area contributed by atoms with Gasteiger partial charge < -0.3 is 15.0 Å². The Labute approximate surface area is 169 Å². The Bertz CT molecular complexity index is 1020. The van der Waals surface area contributed by atoms with Crippen LogP contribution in [0.15, 0.2) is 78.9 Å². The van der Waals surface area contributed by atoms with Crippen LogP contribution < -0.4 is 10.1 Å². The quantitative estimate of drug-likeness (QED) is 0.740. The molecule has 0 bridgehead atoms. The van der Waals surface area contributed by atoms with Crippen molar-refractivity contribution in [3.8, 4) is 5.75 Å². The van der Waals surface area contributed by atoms with Crippen LogP contribution in [-0.2, 0) is 17.8 Å². The summed E-state index contributed by atoms with van der Waals surface area (Å²) in [6, 6.07) is 23.6. The van der Waals surface area contributed by atoms with E-state index < -0.39 is 6.04 Å². The number of nitrogens with one attached hydrogen (secondary N) is 1. The second kappa shape index (κ2) is 8.19. The molecule has 0 saturated carbocycles. The van der Waals surface area contributed by atoms with Crippen LogP contribution in [-0.4, -0.2) is 29.9 Å². The Morgan fingerprint density at radius 3 is 2.24 bits per heavy atom. The van der Waals surface area contributed by atoms with E-state index in [0.717, 1.165) is 16.9 Å². The summed E-state index contributed by atoms with van der Waals surface area (Å²) in [4.78, 5) is 28.0. The zero-order chi connectivity index (χ0) is 20.2. The number of hydrogen-bond donors (Lipinski definition) is 1. The van der Waals surface area contributed by atoms with Gasteiger partial charge in [0.15, 0.2) is 0 Å². The molecule has 1 atom stereocenters. The smallest absolute Gasteiger partial charge is 0.254 e. The summed E-state index contributed by atoms with van der Waals surface area (Å²) in [5.41, 5.74) is 3.42. The number of methoxy groups -OCH3 is 1. The highest BCUT2D eigenvalue weighted by molar-refractivity contribution is 6.01. The fourth-order valence-corrected chi connectivity index (χ4v) is 3.62. The molecular weight excluding hydrogens is 364 g/mol. The van der Waals surface area contributed by atoms with Gasteiger partial charge in [-0.15, -0.1) is 0 Å². The van der Waals surface area contributed by atoms with E-state index in [1.807, 2.05) is 42.5 Å². The maximum absolute atomic E-state index is 13.2. The van der Waals surface area contributed by atoms with Crippen LogP contribution in [0, 0.1) is 0 Å². The predicted octanol–water partition coefficient (Wildman–Crippen LogP) is 3.90. The summed E-state index contributed by atoms with van der Waals surface area (Å²) in [5, 5.41) is 2.94. The minimum Gasteiger partial charge on any atom is -0.497 e. The van der Waals surface area contributed by atoms with E-state index in [1.54, 1.807) is 48.4 Å². The topological polar surface area (TPSA) is 58.6 Å². The second-order valence-electron chi connectivity index (χ2n) is 7.01. The largest absolute Gasteiger partial charge is 0.497 e. The van der Waals surface area contributed by atoms with Gasteiger partial charge in [-0.25, -0.2) is 0 Å². The van der Waals surface area contributed by atoms with Gasteiger partial charge in [0.05, 0.1) is 7.11 Å². The molecule has 1 N–H and O–H groups in total. The normalized spacial score (nSPS) is 15.3. The van der Waals surface area contributed by atoms with Gasteiger partial charge in [-0.3, -0.25) is 9.59 Å². The summed E-state index contributed by atoms with van der Waals surface area (Å²) >= 11 is 0. The van der Waals surface area contributed by atoms with E-state index in [-0.39, 0.29) is 11.8 Å². The Morgan fingerprint density at radius 1 is 0.897 bits per heavy atom. The first-order valence-corrected chi connectivity index (χ1v) is 9.53. The van der Waals surface area contributed by atoms with Crippen LogP contribution in [0.2, 0.25) is 0 Å². The van der Waals surface area contributed by atoms with Crippen molar-refractivity contribution in [2.45, 2.75) is 19.0 Å². The van der Waals surface area contributed by atoms with E-state index >= 15 is 0 Å². The second-order valence-corrected chi connectivity index (χ2v) is 7.01. The van der Waals surface area contributed by atoms with E-state index in [1.165, 1.54) is 0 Å². The van der Waals surface area contributed by atoms with Crippen molar-refractivity contribution in [2.75, 3.05) is 12.4 Å². The summed E-state index contributed by atoms with van der Waals surface area (Å²) in [7, 11) is 1.60. The Kier molecular flexibility index (Phi) is 5.29. The van der Waals surface area contributed by atoms with Crippen LogP contribution in [0.5, 0.6) is 5.75 Å². The Hall–Kier alpha value is -3.60. The van der Waals surface area contributed by atoms with Crippen molar-refractivity contribution in [1.82, 2.24) is 4.90 Å². The van der Waals surface area contributed by atoms with Gasteiger partial charge in [-0.1, -0.05) is 42.5 Å². The molecule has 29 heavy (non-hydrogen) atoms. The van der Waals surface area contributed by atoms with Crippen molar-refractivity contribution in [3.05, 3.63) is 95.6 Å². The van der Waals surface area contributed by atoms with Crippen LogP contribution >= 0.6 is 0 Å². The number of ether oxygens (including phenoxy) is 1. The average Bonchev–Trinajstić information content (AvgIpc) is 2.78. The van der Waals surface area contributed by atoms with E-state index in [2.05, 4.69) is 5.32 Å².